The Balaban J connectivity index is 3.11. The second kappa shape index (κ2) is 7.13. The van der Waals surface area contributed by atoms with Crippen LogP contribution in [0, 0.1) is 18.4 Å². The zero-order valence-electron chi connectivity index (χ0n) is 10.8. The predicted molar refractivity (Wildman–Crippen MR) is 75.0 cm³/mol. The number of nitriles is 1. The minimum absolute atomic E-state index is 0.602. The SMILES string of the molecule is C=CCC=C(/C=C\C)c1ccc(OC#N)c(C)c1. The van der Waals surface area contributed by atoms with Crippen molar-refractivity contribution in [3.8, 4) is 12.0 Å². The summed E-state index contributed by atoms with van der Waals surface area (Å²) < 4.78 is 4.86. The molecule has 0 spiro atoms. The zero-order chi connectivity index (χ0) is 13.4. The first-order chi connectivity index (χ1) is 8.72. The lowest BCUT2D eigenvalue weighted by Crippen LogP contribution is -1.89. The highest BCUT2D eigenvalue weighted by molar-refractivity contribution is 5.74. The molecule has 0 aliphatic carbocycles. The summed E-state index contributed by atoms with van der Waals surface area (Å²) in [7, 11) is 0. The molecule has 0 fully saturated rings. The molecule has 18 heavy (non-hydrogen) atoms. The van der Waals surface area contributed by atoms with Crippen LogP contribution in [0.25, 0.3) is 5.57 Å². The van der Waals surface area contributed by atoms with Crippen LogP contribution in [0.5, 0.6) is 5.75 Å². The highest BCUT2D eigenvalue weighted by atomic mass is 16.5. The Morgan fingerprint density at radius 2 is 2.28 bits per heavy atom. The minimum atomic E-state index is 0.602. The Kier molecular flexibility index (Phi) is 5.47. The van der Waals surface area contributed by atoms with Gasteiger partial charge in [-0.2, -0.15) is 0 Å². The van der Waals surface area contributed by atoms with Gasteiger partial charge in [0.25, 0.3) is 6.26 Å². The molecule has 2 heteroatoms. The summed E-state index contributed by atoms with van der Waals surface area (Å²) in [6.07, 6.45) is 10.6. The number of benzene rings is 1. The fraction of sp³-hybridized carbons (Fsp3) is 0.188. The summed E-state index contributed by atoms with van der Waals surface area (Å²) in [5.41, 5.74) is 3.20. The van der Waals surface area contributed by atoms with Crippen molar-refractivity contribution in [3.05, 3.63) is 60.2 Å². The van der Waals surface area contributed by atoms with E-state index >= 15 is 0 Å². The second-order valence-electron chi connectivity index (χ2n) is 3.86. The van der Waals surface area contributed by atoms with Crippen molar-refractivity contribution in [3.63, 3.8) is 0 Å². The summed E-state index contributed by atoms with van der Waals surface area (Å²) >= 11 is 0. The molecular weight excluding hydrogens is 222 g/mol. The average Bonchev–Trinajstić information content (AvgIpc) is 2.37. The first kappa shape index (κ1) is 13.8. The van der Waals surface area contributed by atoms with Gasteiger partial charge >= 0.3 is 0 Å². The first-order valence-electron chi connectivity index (χ1n) is 5.83. The van der Waals surface area contributed by atoms with Crippen molar-refractivity contribution in [1.29, 1.82) is 5.26 Å². The molecule has 0 radical (unpaired) electrons. The molecule has 1 rings (SSSR count). The third-order valence-electron chi connectivity index (χ3n) is 2.51. The van der Waals surface area contributed by atoms with Crippen LogP contribution in [0.3, 0.4) is 0 Å². The Bertz CT molecular complexity index is 518. The predicted octanol–water partition coefficient (Wildman–Crippen LogP) is 4.39. The summed E-state index contributed by atoms with van der Waals surface area (Å²) in [6, 6.07) is 5.79. The molecule has 2 nitrogen and oxygen atoms in total. The molecule has 0 bridgehead atoms. The number of hydrogen-bond donors (Lipinski definition) is 0. The number of allylic oxidation sites excluding steroid dienone is 5. The summed E-state index contributed by atoms with van der Waals surface area (Å²) in [4.78, 5) is 0. The van der Waals surface area contributed by atoms with E-state index in [1.165, 1.54) is 0 Å². The van der Waals surface area contributed by atoms with Crippen molar-refractivity contribution in [1.82, 2.24) is 0 Å². The van der Waals surface area contributed by atoms with E-state index < -0.39 is 0 Å². The van der Waals surface area contributed by atoms with E-state index in [4.69, 9.17) is 10.00 Å². The number of aryl methyl sites for hydroxylation is 1. The normalized spacial score (nSPS) is 11.3. The third kappa shape index (κ3) is 3.64. The Labute approximate surface area is 109 Å². The van der Waals surface area contributed by atoms with Crippen LogP contribution in [0.2, 0.25) is 0 Å². The molecule has 0 saturated heterocycles. The number of ether oxygens (including phenoxy) is 1. The van der Waals surface area contributed by atoms with E-state index in [1.54, 1.807) is 6.26 Å². The molecular formula is C16H17NO. The van der Waals surface area contributed by atoms with Crippen LogP contribution in [-0.2, 0) is 0 Å². The highest BCUT2D eigenvalue weighted by Gasteiger charge is 2.03. The molecule has 1 aromatic carbocycles. The highest BCUT2D eigenvalue weighted by Crippen LogP contribution is 2.24. The van der Waals surface area contributed by atoms with Gasteiger partial charge in [-0.25, -0.2) is 0 Å². The number of nitrogens with zero attached hydrogens (tertiary/aromatic N) is 1. The van der Waals surface area contributed by atoms with Gasteiger partial charge in [-0.1, -0.05) is 30.4 Å². The summed E-state index contributed by atoms with van der Waals surface area (Å²) in [5.74, 6) is 0.602. The van der Waals surface area contributed by atoms with Gasteiger partial charge in [0, 0.05) is 0 Å². The Hall–Kier alpha value is -2.27. The molecule has 1 aromatic rings. The van der Waals surface area contributed by atoms with Crippen LogP contribution in [0.4, 0.5) is 0 Å². The molecule has 0 aromatic heterocycles. The van der Waals surface area contributed by atoms with E-state index in [9.17, 15) is 0 Å². The summed E-state index contributed by atoms with van der Waals surface area (Å²) in [6.45, 7) is 7.63. The van der Waals surface area contributed by atoms with Crippen LogP contribution in [0.1, 0.15) is 24.5 Å². The van der Waals surface area contributed by atoms with E-state index in [2.05, 4.69) is 18.7 Å². The fourth-order valence-corrected chi connectivity index (χ4v) is 1.66. The Morgan fingerprint density at radius 1 is 1.50 bits per heavy atom. The monoisotopic (exact) mass is 239 g/mol. The van der Waals surface area contributed by atoms with Gasteiger partial charge < -0.3 is 4.74 Å². The van der Waals surface area contributed by atoms with Crippen molar-refractivity contribution in [2.75, 3.05) is 0 Å². The van der Waals surface area contributed by atoms with Gasteiger partial charge in [-0.15, -0.1) is 11.8 Å². The average molecular weight is 239 g/mol. The van der Waals surface area contributed by atoms with Crippen molar-refractivity contribution < 1.29 is 4.74 Å². The van der Waals surface area contributed by atoms with Gasteiger partial charge in [0.15, 0.2) is 0 Å². The largest absolute Gasteiger partial charge is 0.388 e. The standard InChI is InChI=1S/C16H17NO/c1-4-6-8-14(7-5-2)15-9-10-16(18-12-17)13(3)11-15/h4-5,7-11H,1,6H2,2-3H3/b7-5-,14-8?. The first-order valence-corrected chi connectivity index (χ1v) is 5.83. The van der Waals surface area contributed by atoms with Crippen LogP contribution < -0.4 is 4.74 Å². The molecule has 0 amide bonds. The van der Waals surface area contributed by atoms with Gasteiger partial charge in [-0.05, 0) is 49.1 Å². The fourth-order valence-electron chi connectivity index (χ4n) is 1.66. The van der Waals surface area contributed by atoms with Crippen molar-refractivity contribution in [2.45, 2.75) is 20.3 Å². The quantitative estimate of drug-likeness (QED) is 0.433. The second-order valence-corrected chi connectivity index (χ2v) is 3.86. The van der Waals surface area contributed by atoms with Crippen LogP contribution in [-0.4, -0.2) is 0 Å². The summed E-state index contributed by atoms with van der Waals surface area (Å²) in [5, 5.41) is 8.52. The van der Waals surface area contributed by atoms with Gasteiger partial charge in [0.1, 0.15) is 5.75 Å². The molecule has 0 atom stereocenters. The molecule has 0 heterocycles. The molecule has 0 N–H and O–H groups in total. The number of rotatable bonds is 5. The van der Waals surface area contributed by atoms with Gasteiger partial charge in [0.05, 0.1) is 0 Å². The van der Waals surface area contributed by atoms with Gasteiger partial charge in [-0.3, -0.25) is 0 Å². The lowest BCUT2D eigenvalue weighted by Gasteiger charge is -2.07. The smallest absolute Gasteiger partial charge is 0.292 e. The molecule has 92 valence electrons. The van der Waals surface area contributed by atoms with E-state index in [0.29, 0.717) is 5.75 Å². The van der Waals surface area contributed by atoms with Crippen LogP contribution in [0.15, 0.2) is 49.1 Å². The zero-order valence-corrected chi connectivity index (χ0v) is 10.8. The minimum Gasteiger partial charge on any atom is -0.388 e. The molecule has 0 aliphatic rings. The third-order valence-corrected chi connectivity index (χ3v) is 2.51. The topological polar surface area (TPSA) is 33.0 Å². The van der Waals surface area contributed by atoms with Gasteiger partial charge in [0.2, 0.25) is 0 Å². The van der Waals surface area contributed by atoms with E-state index in [-0.39, 0.29) is 0 Å². The lowest BCUT2D eigenvalue weighted by atomic mass is 10.0. The molecule has 0 unspecified atom stereocenters. The number of hydrogen-bond acceptors (Lipinski definition) is 2. The van der Waals surface area contributed by atoms with Crippen molar-refractivity contribution >= 4 is 5.57 Å². The Morgan fingerprint density at radius 3 is 2.83 bits per heavy atom. The van der Waals surface area contributed by atoms with Crippen molar-refractivity contribution in [2.24, 2.45) is 0 Å². The van der Waals surface area contributed by atoms with E-state index in [1.807, 2.05) is 44.2 Å². The van der Waals surface area contributed by atoms with E-state index in [0.717, 1.165) is 23.1 Å². The molecule has 0 saturated carbocycles. The lowest BCUT2D eigenvalue weighted by molar-refractivity contribution is 0.503. The maximum absolute atomic E-state index is 8.52. The molecule has 0 aliphatic heterocycles. The maximum Gasteiger partial charge on any atom is 0.292 e. The maximum atomic E-state index is 8.52. The van der Waals surface area contributed by atoms with Crippen LogP contribution >= 0.6 is 0 Å².